The zero-order chi connectivity index (χ0) is 12.8. The zero-order valence-corrected chi connectivity index (χ0v) is 10.6. The van der Waals surface area contributed by atoms with Crippen LogP contribution in [0.1, 0.15) is 30.4 Å². The SMILES string of the molecule is CC(CC#N)C(c1ccccc1)c1ccccc1. The predicted molar refractivity (Wildman–Crippen MR) is 74.1 cm³/mol. The number of benzene rings is 2. The summed E-state index contributed by atoms with van der Waals surface area (Å²) in [5.74, 6) is 0.617. The molecule has 0 radical (unpaired) electrons. The number of nitriles is 1. The van der Waals surface area contributed by atoms with E-state index in [1.807, 2.05) is 12.1 Å². The molecule has 0 aromatic heterocycles. The lowest BCUT2D eigenvalue weighted by Crippen LogP contribution is -2.11. The maximum absolute atomic E-state index is 8.93. The van der Waals surface area contributed by atoms with Gasteiger partial charge in [-0.25, -0.2) is 0 Å². The zero-order valence-electron chi connectivity index (χ0n) is 10.6. The molecule has 18 heavy (non-hydrogen) atoms. The third-order valence-corrected chi connectivity index (χ3v) is 3.30. The molecular formula is C17H17N. The van der Waals surface area contributed by atoms with Gasteiger partial charge in [0.1, 0.15) is 0 Å². The third-order valence-electron chi connectivity index (χ3n) is 3.30. The largest absolute Gasteiger partial charge is 0.198 e. The summed E-state index contributed by atoms with van der Waals surface area (Å²) >= 11 is 0. The van der Waals surface area contributed by atoms with E-state index in [-0.39, 0.29) is 0 Å². The van der Waals surface area contributed by atoms with Gasteiger partial charge < -0.3 is 0 Å². The Balaban J connectivity index is 2.39. The van der Waals surface area contributed by atoms with E-state index >= 15 is 0 Å². The van der Waals surface area contributed by atoms with Crippen molar-refractivity contribution in [2.45, 2.75) is 19.3 Å². The van der Waals surface area contributed by atoms with Gasteiger partial charge in [-0.3, -0.25) is 0 Å². The molecule has 0 saturated heterocycles. The Hall–Kier alpha value is -2.07. The summed E-state index contributed by atoms with van der Waals surface area (Å²) in [7, 11) is 0. The van der Waals surface area contributed by atoms with Crippen LogP contribution in [0.3, 0.4) is 0 Å². The Labute approximate surface area is 109 Å². The maximum Gasteiger partial charge on any atom is 0.0624 e. The van der Waals surface area contributed by atoms with Crippen LogP contribution in [0.15, 0.2) is 60.7 Å². The van der Waals surface area contributed by atoms with Crippen LogP contribution in [-0.4, -0.2) is 0 Å². The van der Waals surface area contributed by atoms with E-state index in [0.29, 0.717) is 18.3 Å². The summed E-state index contributed by atoms with van der Waals surface area (Å²) in [6.07, 6.45) is 0.578. The minimum atomic E-state index is 0.298. The fraction of sp³-hybridized carbons (Fsp3) is 0.235. The molecule has 2 rings (SSSR count). The van der Waals surface area contributed by atoms with Gasteiger partial charge in [0.05, 0.1) is 6.07 Å². The van der Waals surface area contributed by atoms with Gasteiger partial charge in [0.2, 0.25) is 0 Å². The van der Waals surface area contributed by atoms with Gasteiger partial charge in [-0.2, -0.15) is 5.26 Å². The van der Waals surface area contributed by atoms with E-state index in [0.717, 1.165) is 0 Å². The average Bonchev–Trinajstić information content (AvgIpc) is 2.42. The molecule has 0 heterocycles. The first-order chi connectivity index (χ1) is 8.83. The molecule has 0 aliphatic heterocycles. The van der Waals surface area contributed by atoms with Crippen LogP contribution in [-0.2, 0) is 0 Å². The molecule has 0 amide bonds. The smallest absolute Gasteiger partial charge is 0.0624 e. The summed E-state index contributed by atoms with van der Waals surface area (Å²) in [5.41, 5.74) is 2.57. The second kappa shape index (κ2) is 6.02. The summed E-state index contributed by atoms with van der Waals surface area (Å²) in [6, 6.07) is 23.2. The fourth-order valence-electron chi connectivity index (χ4n) is 2.43. The first-order valence-corrected chi connectivity index (χ1v) is 6.29. The molecule has 0 aliphatic rings. The van der Waals surface area contributed by atoms with Crippen molar-refractivity contribution in [3.63, 3.8) is 0 Å². The molecule has 0 spiro atoms. The van der Waals surface area contributed by atoms with Gasteiger partial charge in [-0.15, -0.1) is 0 Å². The number of hydrogen-bond acceptors (Lipinski definition) is 1. The second-order valence-electron chi connectivity index (χ2n) is 4.64. The lowest BCUT2D eigenvalue weighted by Gasteiger charge is -2.23. The summed E-state index contributed by atoms with van der Waals surface area (Å²) in [4.78, 5) is 0. The van der Waals surface area contributed by atoms with Crippen molar-refractivity contribution < 1.29 is 0 Å². The van der Waals surface area contributed by atoms with Crippen molar-refractivity contribution in [3.8, 4) is 6.07 Å². The average molecular weight is 235 g/mol. The molecule has 0 saturated carbocycles. The molecule has 0 aliphatic carbocycles. The van der Waals surface area contributed by atoms with Crippen LogP contribution in [0.2, 0.25) is 0 Å². The lowest BCUT2D eigenvalue weighted by atomic mass is 9.80. The molecule has 2 aromatic rings. The number of rotatable bonds is 4. The minimum absolute atomic E-state index is 0.298. The topological polar surface area (TPSA) is 23.8 Å². The highest BCUT2D eigenvalue weighted by Crippen LogP contribution is 2.33. The fourth-order valence-corrected chi connectivity index (χ4v) is 2.43. The van der Waals surface area contributed by atoms with Gasteiger partial charge in [-0.05, 0) is 17.0 Å². The minimum Gasteiger partial charge on any atom is -0.198 e. The maximum atomic E-state index is 8.93. The molecule has 0 bridgehead atoms. The Morgan fingerprint density at radius 1 is 0.889 bits per heavy atom. The third kappa shape index (κ3) is 2.78. The summed E-state index contributed by atoms with van der Waals surface area (Å²) in [5, 5.41) is 8.93. The van der Waals surface area contributed by atoms with Crippen molar-refractivity contribution in [2.75, 3.05) is 0 Å². The van der Waals surface area contributed by atoms with Crippen LogP contribution < -0.4 is 0 Å². The van der Waals surface area contributed by atoms with Gasteiger partial charge in [-0.1, -0.05) is 67.6 Å². The van der Waals surface area contributed by atoms with E-state index in [4.69, 9.17) is 5.26 Å². The van der Waals surface area contributed by atoms with Crippen LogP contribution in [0.25, 0.3) is 0 Å². The molecular weight excluding hydrogens is 218 g/mol. The summed E-state index contributed by atoms with van der Waals surface area (Å²) < 4.78 is 0. The van der Waals surface area contributed by atoms with Gasteiger partial charge in [0, 0.05) is 12.3 Å². The van der Waals surface area contributed by atoms with E-state index < -0.39 is 0 Å². The quantitative estimate of drug-likeness (QED) is 0.772. The van der Waals surface area contributed by atoms with Crippen molar-refractivity contribution in [3.05, 3.63) is 71.8 Å². The first-order valence-electron chi connectivity index (χ1n) is 6.29. The van der Waals surface area contributed by atoms with Crippen molar-refractivity contribution in [1.82, 2.24) is 0 Å². The molecule has 2 aromatic carbocycles. The van der Waals surface area contributed by atoms with Gasteiger partial charge in [0.25, 0.3) is 0 Å². The van der Waals surface area contributed by atoms with E-state index in [1.54, 1.807) is 0 Å². The molecule has 90 valence electrons. The number of hydrogen-bond donors (Lipinski definition) is 0. The molecule has 1 unspecified atom stereocenters. The van der Waals surface area contributed by atoms with Crippen molar-refractivity contribution >= 4 is 0 Å². The standard InChI is InChI=1S/C17H17N/c1-14(12-13-18)17(15-8-4-2-5-9-15)16-10-6-3-7-11-16/h2-11,14,17H,12H2,1H3. The van der Waals surface area contributed by atoms with Crippen LogP contribution >= 0.6 is 0 Å². The lowest BCUT2D eigenvalue weighted by molar-refractivity contribution is 0.524. The highest BCUT2D eigenvalue weighted by molar-refractivity contribution is 5.33. The van der Waals surface area contributed by atoms with E-state index in [1.165, 1.54) is 11.1 Å². The van der Waals surface area contributed by atoms with Crippen LogP contribution in [0.4, 0.5) is 0 Å². The van der Waals surface area contributed by atoms with Crippen LogP contribution in [0.5, 0.6) is 0 Å². The van der Waals surface area contributed by atoms with Gasteiger partial charge >= 0.3 is 0 Å². The van der Waals surface area contributed by atoms with Crippen molar-refractivity contribution in [1.29, 1.82) is 5.26 Å². The second-order valence-corrected chi connectivity index (χ2v) is 4.64. The Morgan fingerprint density at radius 2 is 1.33 bits per heavy atom. The molecule has 0 fully saturated rings. The molecule has 1 atom stereocenters. The Kier molecular flexibility index (Phi) is 4.15. The highest BCUT2D eigenvalue weighted by atomic mass is 14.3. The molecule has 1 heteroatoms. The van der Waals surface area contributed by atoms with E-state index in [9.17, 15) is 0 Å². The Bertz CT molecular complexity index is 471. The molecule has 1 nitrogen and oxygen atoms in total. The first kappa shape index (κ1) is 12.4. The monoisotopic (exact) mass is 235 g/mol. The number of nitrogens with zero attached hydrogens (tertiary/aromatic N) is 1. The Morgan fingerprint density at radius 3 is 1.72 bits per heavy atom. The van der Waals surface area contributed by atoms with Gasteiger partial charge in [0.15, 0.2) is 0 Å². The molecule has 0 N–H and O–H groups in total. The normalized spacial score (nSPS) is 12.1. The van der Waals surface area contributed by atoms with E-state index in [2.05, 4.69) is 61.5 Å². The van der Waals surface area contributed by atoms with Crippen LogP contribution in [0, 0.1) is 17.2 Å². The highest BCUT2D eigenvalue weighted by Gasteiger charge is 2.20. The predicted octanol–water partition coefficient (Wildman–Crippen LogP) is 4.37. The van der Waals surface area contributed by atoms with Crippen molar-refractivity contribution in [2.24, 2.45) is 5.92 Å². The summed E-state index contributed by atoms with van der Waals surface area (Å²) in [6.45, 7) is 2.15.